The monoisotopic (exact) mass is 284 g/mol. The number of benzene rings is 1. The predicted molar refractivity (Wildman–Crippen MR) is 77.9 cm³/mol. The van der Waals surface area contributed by atoms with Gasteiger partial charge in [0.1, 0.15) is 11.0 Å². The summed E-state index contributed by atoms with van der Waals surface area (Å²) in [6.45, 7) is 0. The summed E-state index contributed by atoms with van der Waals surface area (Å²) in [4.78, 5) is 8.38. The third-order valence-electron chi connectivity index (χ3n) is 2.97. The first kappa shape index (κ1) is 12.8. The van der Waals surface area contributed by atoms with E-state index in [9.17, 15) is 4.39 Å². The van der Waals surface area contributed by atoms with Crippen molar-refractivity contribution in [2.24, 2.45) is 0 Å². The Morgan fingerprint density at radius 1 is 0.800 bits per heavy atom. The van der Waals surface area contributed by atoms with Crippen LogP contribution in [0, 0.1) is 5.82 Å². The van der Waals surface area contributed by atoms with Crippen LogP contribution in [0.15, 0.2) is 60.9 Å². The smallest absolute Gasteiger partial charge is 0.129 e. The number of nitrogens with zero attached hydrogens (tertiary/aromatic N) is 2. The van der Waals surface area contributed by atoms with E-state index in [4.69, 9.17) is 11.6 Å². The molecule has 0 saturated carbocycles. The number of hydrogen-bond donors (Lipinski definition) is 0. The number of rotatable bonds is 2. The zero-order chi connectivity index (χ0) is 13.9. The lowest BCUT2D eigenvalue weighted by Crippen LogP contribution is -1.90. The third-order valence-corrected chi connectivity index (χ3v) is 3.18. The number of aromatic nitrogens is 2. The van der Waals surface area contributed by atoms with Crippen LogP contribution in [0.2, 0.25) is 5.15 Å². The molecule has 0 aliphatic carbocycles. The van der Waals surface area contributed by atoms with Gasteiger partial charge in [-0.15, -0.1) is 0 Å². The molecule has 0 atom stereocenters. The second kappa shape index (κ2) is 5.39. The summed E-state index contributed by atoms with van der Waals surface area (Å²) in [5, 5.41) is 0.405. The molecule has 0 fully saturated rings. The van der Waals surface area contributed by atoms with Crippen LogP contribution in [0.3, 0.4) is 0 Å². The summed E-state index contributed by atoms with van der Waals surface area (Å²) >= 11 is 5.99. The Hall–Kier alpha value is -2.26. The molecule has 2 heterocycles. The van der Waals surface area contributed by atoms with E-state index in [1.54, 1.807) is 30.6 Å². The van der Waals surface area contributed by atoms with E-state index in [0.717, 1.165) is 22.4 Å². The Morgan fingerprint density at radius 3 is 2.20 bits per heavy atom. The summed E-state index contributed by atoms with van der Waals surface area (Å²) < 4.78 is 13.1. The highest BCUT2D eigenvalue weighted by atomic mass is 35.5. The predicted octanol–water partition coefficient (Wildman–Crippen LogP) is 4.60. The average Bonchev–Trinajstić information content (AvgIpc) is 2.49. The van der Waals surface area contributed by atoms with Crippen LogP contribution in [-0.2, 0) is 0 Å². The minimum atomic E-state index is -0.277. The molecule has 0 N–H and O–H groups in total. The lowest BCUT2D eigenvalue weighted by Gasteiger charge is -2.09. The van der Waals surface area contributed by atoms with Crippen molar-refractivity contribution in [2.75, 3.05) is 0 Å². The minimum Gasteiger partial charge on any atom is -0.265 e. The molecule has 0 spiro atoms. The molecule has 0 unspecified atom stereocenters. The van der Waals surface area contributed by atoms with Crippen LogP contribution in [-0.4, -0.2) is 9.97 Å². The van der Waals surface area contributed by atoms with Crippen molar-refractivity contribution < 1.29 is 4.39 Å². The highest BCUT2D eigenvalue weighted by Gasteiger charge is 2.10. The van der Waals surface area contributed by atoms with Crippen LogP contribution in [0.1, 0.15) is 0 Å². The molecule has 0 aliphatic heterocycles. The van der Waals surface area contributed by atoms with E-state index in [1.807, 2.05) is 18.2 Å². The van der Waals surface area contributed by atoms with Crippen LogP contribution in [0.4, 0.5) is 4.39 Å². The van der Waals surface area contributed by atoms with E-state index in [1.165, 1.54) is 12.1 Å². The molecule has 20 heavy (non-hydrogen) atoms. The fourth-order valence-corrected chi connectivity index (χ4v) is 2.18. The molecule has 4 heteroatoms. The van der Waals surface area contributed by atoms with Crippen molar-refractivity contribution in [1.82, 2.24) is 9.97 Å². The van der Waals surface area contributed by atoms with Crippen molar-refractivity contribution in [3.63, 3.8) is 0 Å². The molecule has 0 aliphatic rings. The average molecular weight is 285 g/mol. The van der Waals surface area contributed by atoms with Gasteiger partial charge < -0.3 is 0 Å². The van der Waals surface area contributed by atoms with Gasteiger partial charge in [-0.2, -0.15) is 0 Å². The highest BCUT2D eigenvalue weighted by molar-refractivity contribution is 6.29. The maximum absolute atomic E-state index is 13.1. The van der Waals surface area contributed by atoms with E-state index in [-0.39, 0.29) is 5.82 Å². The molecule has 0 amide bonds. The molecule has 2 aromatic heterocycles. The molecular formula is C16H10ClFN2. The van der Waals surface area contributed by atoms with Crippen molar-refractivity contribution in [3.8, 4) is 22.4 Å². The van der Waals surface area contributed by atoms with E-state index < -0.39 is 0 Å². The fourth-order valence-electron chi connectivity index (χ4n) is 2.03. The Bertz CT molecular complexity index is 727. The largest absolute Gasteiger partial charge is 0.265 e. The molecule has 0 bridgehead atoms. The van der Waals surface area contributed by atoms with Gasteiger partial charge in [-0.1, -0.05) is 11.6 Å². The van der Waals surface area contributed by atoms with Gasteiger partial charge >= 0.3 is 0 Å². The quantitative estimate of drug-likeness (QED) is 0.643. The molecule has 3 rings (SSSR count). The molecule has 3 aromatic rings. The first-order valence-electron chi connectivity index (χ1n) is 6.07. The number of halogens is 2. The number of pyridine rings is 2. The first-order valence-corrected chi connectivity index (χ1v) is 6.45. The lowest BCUT2D eigenvalue weighted by atomic mass is 10.0. The first-order chi connectivity index (χ1) is 9.74. The molecule has 2 nitrogen and oxygen atoms in total. The van der Waals surface area contributed by atoms with Crippen molar-refractivity contribution in [2.45, 2.75) is 0 Å². The van der Waals surface area contributed by atoms with Crippen LogP contribution < -0.4 is 0 Å². The molecule has 1 aromatic carbocycles. The van der Waals surface area contributed by atoms with E-state index in [0.29, 0.717) is 5.15 Å². The Balaban J connectivity index is 2.19. The third kappa shape index (κ3) is 2.53. The minimum absolute atomic E-state index is 0.277. The second-order valence-corrected chi connectivity index (χ2v) is 4.66. The van der Waals surface area contributed by atoms with Gasteiger partial charge in [-0.05, 0) is 54.1 Å². The maximum atomic E-state index is 13.1. The van der Waals surface area contributed by atoms with Gasteiger partial charge in [0, 0.05) is 23.5 Å². The zero-order valence-electron chi connectivity index (χ0n) is 10.4. The molecular weight excluding hydrogens is 275 g/mol. The summed E-state index contributed by atoms with van der Waals surface area (Å²) in [6, 6.07) is 13.7. The van der Waals surface area contributed by atoms with Crippen LogP contribution >= 0.6 is 11.6 Å². The Labute approximate surface area is 120 Å². The normalized spacial score (nSPS) is 10.5. The Kier molecular flexibility index (Phi) is 3.44. The molecule has 98 valence electrons. The van der Waals surface area contributed by atoms with Gasteiger partial charge in [-0.3, -0.25) is 4.98 Å². The summed E-state index contributed by atoms with van der Waals surface area (Å²) in [5.41, 5.74) is 3.47. The topological polar surface area (TPSA) is 25.8 Å². The van der Waals surface area contributed by atoms with Gasteiger partial charge in [0.2, 0.25) is 0 Å². The van der Waals surface area contributed by atoms with E-state index >= 15 is 0 Å². The van der Waals surface area contributed by atoms with Gasteiger partial charge in [0.25, 0.3) is 0 Å². The van der Waals surface area contributed by atoms with Crippen molar-refractivity contribution in [3.05, 3.63) is 71.9 Å². The lowest BCUT2D eigenvalue weighted by molar-refractivity contribution is 0.628. The summed E-state index contributed by atoms with van der Waals surface area (Å²) in [7, 11) is 0. The van der Waals surface area contributed by atoms with Crippen LogP contribution in [0.25, 0.3) is 22.4 Å². The highest BCUT2D eigenvalue weighted by Crippen LogP contribution is 2.31. The number of hydrogen-bond acceptors (Lipinski definition) is 2. The molecule has 0 radical (unpaired) electrons. The maximum Gasteiger partial charge on any atom is 0.129 e. The fraction of sp³-hybridized carbons (Fsp3) is 0. The van der Waals surface area contributed by atoms with Gasteiger partial charge in [-0.25, -0.2) is 9.37 Å². The SMILES string of the molecule is Fc1ccc(-c2nc(Cl)ccc2-c2ccncc2)cc1. The second-order valence-electron chi connectivity index (χ2n) is 4.27. The molecule has 0 saturated heterocycles. The zero-order valence-corrected chi connectivity index (χ0v) is 11.2. The van der Waals surface area contributed by atoms with Gasteiger partial charge in [0.05, 0.1) is 5.69 Å². The summed E-state index contributed by atoms with van der Waals surface area (Å²) in [6.07, 6.45) is 3.44. The van der Waals surface area contributed by atoms with E-state index in [2.05, 4.69) is 9.97 Å². The van der Waals surface area contributed by atoms with Gasteiger partial charge in [0.15, 0.2) is 0 Å². The van der Waals surface area contributed by atoms with Crippen molar-refractivity contribution >= 4 is 11.6 Å². The summed E-state index contributed by atoms with van der Waals surface area (Å²) in [5.74, 6) is -0.277. The van der Waals surface area contributed by atoms with Crippen molar-refractivity contribution in [1.29, 1.82) is 0 Å². The Morgan fingerprint density at radius 2 is 1.50 bits per heavy atom. The standard InChI is InChI=1S/C16H10ClFN2/c17-15-6-5-14(11-7-9-19-10-8-11)16(20-15)12-1-3-13(18)4-2-12/h1-10H. The van der Waals surface area contributed by atoms with Crippen LogP contribution in [0.5, 0.6) is 0 Å².